The van der Waals surface area contributed by atoms with E-state index in [-0.39, 0.29) is 12.5 Å². The first-order chi connectivity index (χ1) is 14.2. The number of hydrogen-bond donors (Lipinski definition) is 1. The Morgan fingerprint density at radius 2 is 1.79 bits per heavy atom. The van der Waals surface area contributed by atoms with Crippen molar-refractivity contribution in [2.24, 2.45) is 5.10 Å². The van der Waals surface area contributed by atoms with Crippen molar-refractivity contribution < 1.29 is 9.53 Å². The summed E-state index contributed by atoms with van der Waals surface area (Å²) in [4.78, 5) is 12.1. The van der Waals surface area contributed by atoms with Crippen molar-refractivity contribution in [2.75, 3.05) is 6.61 Å². The van der Waals surface area contributed by atoms with Gasteiger partial charge in [-0.15, -0.1) is 0 Å². The maximum Gasteiger partial charge on any atom is 0.277 e. The van der Waals surface area contributed by atoms with Crippen LogP contribution in [0.15, 0.2) is 90.2 Å². The number of halogens is 1. The highest BCUT2D eigenvalue weighted by Crippen LogP contribution is 2.24. The van der Waals surface area contributed by atoms with E-state index in [0.717, 1.165) is 22.2 Å². The summed E-state index contributed by atoms with van der Waals surface area (Å²) in [6.07, 6.45) is 3.50. The Bertz CT molecular complexity index is 1160. The fraction of sp³-hybridized carbons (Fsp3) is 0.0435. The Labute approximate surface area is 173 Å². The smallest absolute Gasteiger partial charge is 0.277 e. The van der Waals surface area contributed by atoms with Crippen molar-refractivity contribution >= 4 is 34.5 Å². The van der Waals surface area contributed by atoms with Crippen molar-refractivity contribution in [1.29, 1.82) is 0 Å². The van der Waals surface area contributed by atoms with Crippen molar-refractivity contribution in [3.05, 3.63) is 95.8 Å². The number of fused-ring (bicyclic) bond motifs is 1. The molecule has 0 saturated heterocycles. The summed E-state index contributed by atoms with van der Waals surface area (Å²) in [6.45, 7) is -0.121. The molecule has 4 rings (SSSR count). The van der Waals surface area contributed by atoms with Gasteiger partial charge in [0, 0.05) is 22.3 Å². The highest BCUT2D eigenvalue weighted by atomic mass is 35.5. The fourth-order valence-electron chi connectivity index (χ4n) is 3.00. The predicted octanol–water partition coefficient (Wildman–Crippen LogP) is 4.81. The maximum atomic E-state index is 12.1. The van der Waals surface area contributed by atoms with Crippen molar-refractivity contribution in [3.63, 3.8) is 0 Å². The van der Waals surface area contributed by atoms with Crippen LogP contribution in [0.2, 0.25) is 5.02 Å². The van der Waals surface area contributed by atoms with E-state index in [1.165, 1.54) is 0 Å². The van der Waals surface area contributed by atoms with Crippen molar-refractivity contribution in [3.8, 4) is 11.4 Å². The van der Waals surface area contributed by atoms with E-state index in [2.05, 4.69) is 10.5 Å². The van der Waals surface area contributed by atoms with Crippen molar-refractivity contribution in [2.45, 2.75) is 0 Å². The standard InChI is InChI=1S/C23H18ClN3O2/c24-18-10-12-19(13-11-18)27-14-4-7-20(27)15-25-26-23(28)16-29-22-9-3-6-17-5-1-2-8-21(17)22/h1-15H,16H2,(H,26,28)/b25-15+. The van der Waals surface area contributed by atoms with E-state index in [1.54, 1.807) is 6.21 Å². The van der Waals surface area contributed by atoms with Crippen LogP contribution in [-0.2, 0) is 4.79 Å². The van der Waals surface area contributed by atoms with Gasteiger partial charge in [0.2, 0.25) is 0 Å². The molecule has 4 aromatic rings. The van der Waals surface area contributed by atoms with Crippen LogP contribution in [-0.4, -0.2) is 23.3 Å². The van der Waals surface area contributed by atoms with Crippen LogP contribution in [0.4, 0.5) is 0 Å². The highest BCUT2D eigenvalue weighted by Gasteiger charge is 2.05. The molecule has 0 fully saturated rings. The summed E-state index contributed by atoms with van der Waals surface area (Å²) >= 11 is 5.94. The number of ether oxygens (including phenoxy) is 1. The summed E-state index contributed by atoms with van der Waals surface area (Å²) in [6, 6.07) is 24.9. The van der Waals surface area contributed by atoms with Gasteiger partial charge in [0.1, 0.15) is 5.75 Å². The number of nitrogens with zero attached hydrogens (tertiary/aromatic N) is 2. The zero-order valence-corrected chi connectivity index (χ0v) is 16.2. The molecule has 1 amide bonds. The molecule has 1 aromatic heterocycles. The molecule has 0 spiro atoms. The number of hydrazone groups is 1. The monoisotopic (exact) mass is 403 g/mol. The van der Waals surface area contributed by atoms with E-state index in [9.17, 15) is 4.79 Å². The van der Waals surface area contributed by atoms with Gasteiger partial charge in [-0.2, -0.15) is 5.10 Å². The molecule has 0 radical (unpaired) electrons. The molecule has 0 saturated carbocycles. The molecule has 0 bridgehead atoms. The number of hydrogen-bond acceptors (Lipinski definition) is 3. The predicted molar refractivity (Wildman–Crippen MR) is 116 cm³/mol. The Hall–Kier alpha value is -3.57. The first kappa shape index (κ1) is 18.8. The normalized spacial score (nSPS) is 11.1. The van der Waals surface area contributed by atoms with E-state index >= 15 is 0 Å². The van der Waals surface area contributed by atoms with Gasteiger partial charge in [0.15, 0.2) is 6.61 Å². The molecule has 0 aliphatic rings. The van der Waals surface area contributed by atoms with Crippen LogP contribution in [0, 0.1) is 0 Å². The molecule has 0 aliphatic heterocycles. The molecule has 0 unspecified atom stereocenters. The fourth-order valence-corrected chi connectivity index (χ4v) is 3.13. The van der Waals surface area contributed by atoms with Crippen molar-refractivity contribution in [1.82, 2.24) is 9.99 Å². The number of benzene rings is 3. The minimum atomic E-state index is -0.334. The Morgan fingerprint density at radius 3 is 2.66 bits per heavy atom. The average molecular weight is 404 g/mol. The first-order valence-electron chi connectivity index (χ1n) is 9.06. The number of aromatic nitrogens is 1. The largest absolute Gasteiger partial charge is 0.483 e. The van der Waals surface area contributed by atoms with Crippen LogP contribution in [0.3, 0.4) is 0 Å². The molecule has 3 aromatic carbocycles. The van der Waals surface area contributed by atoms with Crippen LogP contribution in [0.5, 0.6) is 5.75 Å². The van der Waals surface area contributed by atoms with E-state index in [4.69, 9.17) is 16.3 Å². The minimum absolute atomic E-state index is 0.121. The van der Waals surface area contributed by atoms with Crippen LogP contribution in [0.25, 0.3) is 16.5 Å². The maximum absolute atomic E-state index is 12.1. The lowest BCUT2D eigenvalue weighted by atomic mass is 10.1. The van der Waals surface area contributed by atoms with Gasteiger partial charge in [0.25, 0.3) is 5.91 Å². The Balaban J connectivity index is 1.37. The number of nitrogens with one attached hydrogen (secondary N) is 1. The molecular weight excluding hydrogens is 386 g/mol. The second-order valence-corrected chi connectivity index (χ2v) is 6.78. The number of rotatable bonds is 6. The van der Waals surface area contributed by atoms with Crippen LogP contribution >= 0.6 is 11.6 Å². The summed E-state index contributed by atoms with van der Waals surface area (Å²) in [5, 5.41) is 6.74. The topological polar surface area (TPSA) is 55.6 Å². The molecule has 1 heterocycles. The number of carbonyl (C=O) groups excluding carboxylic acids is 1. The van der Waals surface area contributed by atoms with Gasteiger partial charge < -0.3 is 9.30 Å². The van der Waals surface area contributed by atoms with Crippen LogP contribution < -0.4 is 10.2 Å². The van der Waals surface area contributed by atoms with Gasteiger partial charge in [-0.25, -0.2) is 5.43 Å². The van der Waals surface area contributed by atoms with E-state index < -0.39 is 0 Å². The lowest BCUT2D eigenvalue weighted by Crippen LogP contribution is -2.24. The van der Waals surface area contributed by atoms with Gasteiger partial charge in [-0.1, -0.05) is 48.0 Å². The molecule has 5 nitrogen and oxygen atoms in total. The third kappa shape index (κ3) is 4.47. The lowest BCUT2D eigenvalue weighted by molar-refractivity contribution is -0.123. The van der Waals surface area contributed by atoms with E-state index in [0.29, 0.717) is 10.8 Å². The quantitative estimate of drug-likeness (QED) is 0.371. The summed E-state index contributed by atoms with van der Waals surface area (Å²) in [5.74, 6) is 0.331. The van der Waals surface area contributed by atoms with Gasteiger partial charge in [-0.3, -0.25) is 4.79 Å². The molecule has 1 N–H and O–H groups in total. The molecule has 29 heavy (non-hydrogen) atoms. The number of carbonyl (C=O) groups is 1. The van der Waals surface area contributed by atoms with Gasteiger partial charge in [0.05, 0.1) is 11.9 Å². The summed E-state index contributed by atoms with van der Waals surface area (Å²) < 4.78 is 7.61. The summed E-state index contributed by atoms with van der Waals surface area (Å²) in [5.41, 5.74) is 4.27. The summed E-state index contributed by atoms with van der Waals surface area (Å²) in [7, 11) is 0. The SMILES string of the molecule is O=C(COc1cccc2ccccc12)N/N=C/c1cccn1-c1ccc(Cl)cc1. The Kier molecular flexibility index (Phi) is 5.59. The van der Waals surface area contributed by atoms with Gasteiger partial charge in [-0.05, 0) is 47.9 Å². The number of amides is 1. The minimum Gasteiger partial charge on any atom is -0.483 e. The molecule has 6 heteroatoms. The van der Waals surface area contributed by atoms with Crippen LogP contribution in [0.1, 0.15) is 5.69 Å². The zero-order chi connectivity index (χ0) is 20.1. The zero-order valence-electron chi connectivity index (χ0n) is 15.5. The first-order valence-corrected chi connectivity index (χ1v) is 9.44. The third-order valence-corrected chi connectivity index (χ3v) is 4.63. The van der Waals surface area contributed by atoms with E-state index in [1.807, 2.05) is 89.6 Å². The molecule has 0 atom stereocenters. The average Bonchev–Trinajstić information content (AvgIpc) is 3.21. The molecule has 144 valence electrons. The lowest BCUT2D eigenvalue weighted by Gasteiger charge is -2.08. The Morgan fingerprint density at radius 1 is 1.00 bits per heavy atom. The second-order valence-electron chi connectivity index (χ2n) is 6.34. The molecule has 0 aliphatic carbocycles. The molecular formula is C23H18ClN3O2. The second kappa shape index (κ2) is 8.63. The highest BCUT2D eigenvalue weighted by molar-refractivity contribution is 6.30. The van der Waals surface area contributed by atoms with Gasteiger partial charge >= 0.3 is 0 Å². The third-order valence-electron chi connectivity index (χ3n) is 4.38.